The molecule has 0 bridgehead atoms. The molecule has 14 nitrogen and oxygen atoms in total. The van der Waals surface area contributed by atoms with E-state index >= 15 is 0 Å². The van der Waals surface area contributed by atoms with Gasteiger partial charge in [-0.15, -0.1) is 10.2 Å². The van der Waals surface area contributed by atoms with Gasteiger partial charge < -0.3 is 30.4 Å². The second kappa shape index (κ2) is 14.3. The third-order valence-electron chi connectivity index (χ3n) is 7.99. The van der Waals surface area contributed by atoms with Crippen molar-refractivity contribution in [3.8, 4) is 29.2 Å². The van der Waals surface area contributed by atoms with Gasteiger partial charge in [0, 0.05) is 35.5 Å². The van der Waals surface area contributed by atoms with E-state index in [0.717, 1.165) is 11.1 Å². The molecule has 1 aliphatic rings. The number of azo groups is 2. The van der Waals surface area contributed by atoms with Crippen LogP contribution in [-0.4, -0.2) is 47.9 Å². The van der Waals surface area contributed by atoms with Crippen molar-refractivity contribution in [2.75, 3.05) is 11.4 Å². The molecule has 3 aromatic heterocycles. The minimum absolute atomic E-state index is 0.104. The summed E-state index contributed by atoms with van der Waals surface area (Å²) in [7, 11) is 0. The molecule has 5 aromatic rings. The van der Waals surface area contributed by atoms with Crippen molar-refractivity contribution in [2.45, 2.75) is 27.7 Å². The second-order valence-electron chi connectivity index (χ2n) is 11.8. The van der Waals surface area contributed by atoms with Gasteiger partial charge in [-0.05, 0) is 88.4 Å². The number of rotatable bonds is 8. The van der Waals surface area contributed by atoms with Crippen LogP contribution in [0.2, 0.25) is 0 Å². The highest BCUT2D eigenvalue weighted by Gasteiger charge is 2.25. The van der Waals surface area contributed by atoms with Crippen LogP contribution >= 0.6 is 0 Å². The van der Waals surface area contributed by atoms with Crippen molar-refractivity contribution in [3.05, 3.63) is 119 Å². The van der Waals surface area contributed by atoms with Gasteiger partial charge in [-0.3, -0.25) is 0 Å². The van der Waals surface area contributed by atoms with Crippen LogP contribution in [0.1, 0.15) is 29.2 Å². The van der Waals surface area contributed by atoms with Crippen molar-refractivity contribution < 1.29 is 30.1 Å². The molecule has 5 N–H and O–H groups in total. The minimum Gasteiger partial charge on any atom is -0.493 e. The number of pyridine rings is 3. The summed E-state index contributed by atoms with van der Waals surface area (Å²) in [5.74, 6) is -1.78. The highest BCUT2D eigenvalue weighted by Crippen LogP contribution is 2.42. The molecule has 0 fully saturated rings. The van der Waals surface area contributed by atoms with Crippen LogP contribution in [0.4, 0.5) is 34.1 Å². The Morgan fingerprint density at radius 2 is 1.29 bits per heavy atom. The van der Waals surface area contributed by atoms with Gasteiger partial charge in [-0.2, -0.15) is 24.8 Å². The SMILES string of the molecule is CC1=CC=CN(c2c(O)nc(O)c(N=Nc3ccc(N=C(O)c4ccc(N=Nc5c(O)nc(O)c(-[n+]6cccc(C)c6)c5C)cc4)cc3)c2C)C1. The maximum atomic E-state index is 10.7. The summed E-state index contributed by atoms with van der Waals surface area (Å²) in [4.78, 5) is 13.8. The van der Waals surface area contributed by atoms with Crippen molar-refractivity contribution >= 4 is 40.0 Å². The van der Waals surface area contributed by atoms with Gasteiger partial charge >= 0.3 is 0 Å². The Morgan fingerprint density at radius 1 is 0.706 bits per heavy atom. The predicted octanol–water partition coefficient (Wildman–Crippen LogP) is 8.25. The molecule has 0 saturated heterocycles. The number of hydrogen-bond acceptors (Lipinski definition) is 12. The molecule has 0 atom stereocenters. The minimum atomic E-state index is -0.460. The van der Waals surface area contributed by atoms with E-state index in [4.69, 9.17) is 0 Å². The van der Waals surface area contributed by atoms with Gasteiger partial charge in [-0.25, -0.2) is 4.99 Å². The van der Waals surface area contributed by atoms with Crippen molar-refractivity contribution in [1.82, 2.24) is 9.97 Å². The molecule has 14 heteroatoms. The van der Waals surface area contributed by atoms with Crippen LogP contribution in [0, 0.1) is 20.8 Å². The van der Waals surface area contributed by atoms with E-state index in [-0.39, 0.29) is 29.0 Å². The third kappa shape index (κ3) is 7.39. The standard InChI is InChI=1S/C37H33N9O5/c1-21-7-5-17-45(19-21)31-23(3)29(34(48)39-36(31)50)43-41-27-11-9-25(10-12-27)33(47)38-26-13-15-28(16-14-26)42-44-30-24(4)32(37(51)40-35(30)49)46-18-6-8-22(2)20-46/h5-19H,20H2,1-4H3,(H4-,38,39,40,41,42,43,44,47,48,49,50,51)/p+1. The summed E-state index contributed by atoms with van der Waals surface area (Å²) < 4.78 is 1.70. The molecule has 0 saturated carbocycles. The average Bonchev–Trinajstić information content (AvgIpc) is 3.09. The number of aliphatic imine (C=N–C) groups is 1. The number of hydrogen-bond donors (Lipinski definition) is 5. The first-order valence-corrected chi connectivity index (χ1v) is 15.7. The second-order valence-corrected chi connectivity index (χ2v) is 11.8. The average molecular weight is 685 g/mol. The molecular formula is C37H34N9O5+. The Bertz CT molecular complexity index is 2280. The maximum Gasteiger partial charge on any atom is 0.289 e. The quantitative estimate of drug-likeness (QED) is 0.0466. The molecule has 2 aromatic carbocycles. The van der Waals surface area contributed by atoms with Gasteiger partial charge in [0.1, 0.15) is 5.69 Å². The molecule has 0 amide bonds. The molecule has 0 radical (unpaired) electrons. The van der Waals surface area contributed by atoms with E-state index in [0.29, 0.717) is 51.7 Å². The third-order valence-corrected chi connectivity index (χ3v) is 7.99. The van der Waals surface area contributed by atoms with Crippen LogP contribution in [0.25, 0.3) is 5.69 Å². The Labute approximate surface area is 292 Å². The first-order valence-electron chi connectivity index (χ1n) is 15.7. The number of allylic oxidation sites excluding steroid dienone is 2. The lowest BCUT2D eigenvalue weighted by Crippen LogP contribution is -2.31. The normalized spacial score (nSPS) is 13.4. The highest BCUT2D eigenvalue weighted by atomic mass is 16.3. The van der Waals surface area contributed by atoms with Crippen LogP contribution in [-0.2, 0) is 0 Å². The van der Waals surface area contributed by atoms with Crippen LogP contribution in [0.3, 0.4) is 0 Å². The smallest absolute Gasteiger partial charge is 0.289 e. The zero-order chi connectivity index (χ0) is 36.2. The zero-order valence-electron chi connectivity index (χ0n) is 28.1. The number of aromatic nitrogens is 3. The molecule has 256 valence electrons. The van der Waals surface area contributed by atoms with Crippen LogP contribution in [0.5, 0.6) is 23.5 Å². The Morgan fingerprint density at radius 3 is 1.92 bits per heavy atom. The Balaban J connectivity index is 1.15. The molecule has 1 aliphatic heterocycles. The highest BCUT2D eigenvalue weighted by molar-refractivity contribution is 5.94. The van der Waals surface area contributed by atoms with Gasteiger partial charge in [0.2, 0.25) is 23.5 Å². The number of aliphatic hydroxyl groups is 1. The van der Waals surface area contributed by atoms with E-state index in [9.17, 15) is 25.5 Å². The van der Waals surface area contributed by atoms with E-state index in [1.165, 1.54) is 0 Å². The summed E-state index contributed by atoms with van der Waals surface area (Å²) in [6.45, 7) is 7.88. The number of anilines is 1. The Kier molecular flexibility index (Phi) is 9.48. The lowest BCUT2D eigenvalue weighted by Gasteiger charge is -2.25. The lowest BCUT2D eigenvalue weighted by atomic mass is 10.1. The fourth-order valence-corrected chi connectivity index (χ4v) is 5.44. The van der Waals surface area contributed by atoms with Gasteiger partial charge in [0.25, 0.3) is 11.6 Å². The van der Waals surface area contributed by atoms with Crippen molar-refractivity contribution in [2.24, 2.45) is 25.4 Å². The van der Waals surface area contributed by atoms with Crippen LogP contribution < -0.4 is 9.47 Å². The fraction of sp³-hybridized carbons (Fsp3) is 0.135. The first kappa shape index (κ1) is 33.9. The van der Waals surface area contributed by atoms with Gasteiger partial charge in [-0.1, -0.05) is 11.6 Å². The van der Waals surface area contributed by atoms with E-state index in [2.05, 4.69) is 35.4 Å². The molecule has 0 aliphatic carbocycles. The number of aromatic hydroxyl groups is 4. The number of aryl methyl sites for hydroxylation is 1. The molecular weight excluding hydrogens is 650 g/mol. The van der Waals surface area contributed by atoms with Crippen LogP contribution in [0.15, 0.2) is 122 Å². The molecule has 0 unspecified atom stereocenters. The predicted molar refractivity (Wildman–Crippen MR) is 191 cm³/mol. The maximum absolute atomic E-state index is 10.7. The van der Waals surface area contributed by atoms with Gasteiger partial charge in [0.05, 0.1) is 22.6 Å². The summed E-state index contributed by atoms with van der Waals surface area (Å²) in [6, 6.07) is 16.9. The number of nitrogens with zero attached hydrogens (tertiary/aromatic N) is 9. The molecule has 6 rings (SSSR count). The van der Waals surface area contributed by atoms with E-state index in [1.54, 1.807) is 73.1 Å². The number of aliphatic hydroxyl groups excluding tert-OH is 1. The Hall–Kier alpha value is -6.96. The molecule has 0 spiro atoms. The largest absolute Gasteiger partial charge is 0.493 e. The summed E-state index contributed by atoms with van der Waals surface area (Å²) in [5.41, 5.74) is 5.86. The topological polar surface area (TPSA) is 196 Å². The van der Waals surface area contributed by atoms with Gasteiger partial charge in [0.15, 0.2) is 23.8 Å². The summed E-state index contributed by atoms with van der Waals surface area (Å²) >= 11 is 0. The molecule has 51 heavy (non-hydrogen) atoms. The summed E-state index contributed by atoms with van der Waals surface area (Å²) in [6.07, 6.45) is 9.23. The van der Waals surface area contributed by atoms with Crippen molar-refractivity contribution in [1.29, 1.82) is 0 Å². The molecule has 4 heterocycles. The fourth-order valence-electron chi connectivity index (χ4n) is 5.44. The first-order chi connectivity index (χ1) is 24.5. The monoisotopic (exact) mass is 684 g/mol. The lowest BCUT2D eigenvalue weighted by molar-refractivity contribution is -0.597. The van der Waals surface area contributed by atoms with E-state index in [1.807, 2.05) is 55.4 Å². The van der Waals surface area contributed by atoms with E-state index < -0.39 is 11.8 Å². The zero-order valence-corrected chi connectivity index (χ0v) is 28.1. The number of benzene rings is 2. The summed E-state index contributed by atoms with van der Waals surface area (Å²) in [5, 5.41) is 69.3. The van der Waals surface area contributed by atoms with Crippen molar-refractivity contribution in [3.63, 3.8) is 0 Å².